The van der Waals surface area contributed by atoms with Crippen LogP contribution >= 0.6 is 0 Å². The maximum absolute atomic E-state index is 16.3. The number of nitrogens with zero attached hydrogens (tertiary/aromatic N) is 4. The standard InChI is InChI=1S/C29H31FN6O2/c30-24-25(22-14-20(37)13-18-5-1-2-6-21(18)22)32-16-23-26(24)34-28(35-27(23)33-19-7-10-31-15-19)38-17-29-8-3-11-36(29)12-4-9-29/h1-2,5-6,13-14,16,19,31,37H,3-4,7-12,15,17H2,(H,33,34,35). The molecule has 0 spiro atoms. The van der Waals surface area contributed by atoms with Gasteiger partial charge in [-0.2, -0.15) is 9.97 Å². The molecular formula is C29H31FN6O2. The zero-order valence-corrected chi connectivity index (χ0v) is 21.2. The fraction of sp³-hybridized carbons (Fsp3) is 0.414. The second kappa shape index (κ2) is 9.32. The summed E-state index contributed by atoms with van der Waals surface area (Å²) >= 11 is 0. The van der Waals surface area contributed by atoms with E-state index in [1.54, 1.807) is 18.3 Å². The molecular weight excluding hydrogens is 483 g/mol. The summed E-state index contributed by atoms with van der Waals surface area (Å²) in [6.07, 6.45) is 7.12. The normalized spacial score (nSPS) is 20.8. The molecule has 3 aliphatic heterocycles. The van der Waals surface area contributed by atoms with Crippen LogP contribution in [0, 0.1) is 5.82 Å². The number of benzene rings is 2. The molecule has 1 atom stereocenters. The van der Waals surface area contributed by atoms with Crippen LogP contribution in [0.25, 0.3) is 32.9 Å². The first-order valence-electron chi connectivity index (χ1n) is 13.5. The van der Waals surface area contributed by atoms with Gasteiger partial charge in [-0.25, -0.2) is 4.39 Å². The first-order chi connectivity index (χ1) is 18.6. The van der Waals surface area contributed by atoms with Crippen molar-refractivity contribution in [2.75, 3.05) is 38.1 Å². The molecule has 3 N–H and O–H groups in total. The summed E-state index contributed by atoms with van der Waals surface area (Å²) in [7, 11) is 0. The van der Waals surface area contributed by atoms with Crippen molar-refractivity contribution in [2.24, 2.45) is 0 Å². The van der Waals surface area contributed by atoms with Crippen molar-refractivity contribution in [3.8, 4) is 23.0 Å². The predicted octanol–water partition coefficient (Wildman–Crippen LogP) is 4.47. The Morgan fingerprint density at radius 3 is 2.79 bits per heavy atom. The highest BCUT2D eigenvalue weighted by Gasteiger charge is 2.45. The Hall–Kier alpha value is -3.56. The molecule has 2 aromatic heterocycles. The van der Waals surface area contributed by atoms with Crippen molar-refractivity contribution in [1.29, 1.82) is 0 Å². The van der Waals surface area contributed by atoms with Gasteiger partial charge in [0.15, 0.2) is 5.82 Å². The van der Waals surface area contributed by atoms with Crippen LogP contribution in [0.1, 0.15) is 32.1 Å². The molecule has 3 aliphatic rings. The molecule has 0 saturated carbocycles. The third-order valence-electron chi connectivity index (χ3n) is 8.45. The molecule has 8 nitrogen and oxygen atoms in total. The number of rotatable bonds is 6. The van der Waals surface area contributed by atoms with Gasteiger partial charge >= 0.3 is 6.01 Å². The number of fused-ring (bicyclic) bond motifs is 3. The first kappa shape index (κ1) is 23.5. The van der Waals surface area contributed by atoms with E-state index in [0.29, 0.717) is 23.4 Å². The number of hydrogen-bond acceptors (Lipinski definition) is 8. The summed E-state index contributed by atoms with van der Waals surface area (Å²) in [5.41, 5.74) is 0.846. The molecule has 0 bridgehead atoms. The average molecular weight is 515 g/mol. The van der Waals surface area contributed by atoms with E-state index in [4.69, 9.17) is 9.72 Å². The molecule has 9 heteroatoms. The van der Waals surface area contributed by atoms with E-state index in [-0.39, 0.29) is 34.6 Å². The monoisotopic (exact) mass is 514 g/mol. The highest BCUT2D eigenvalue weighted by molar-refractivity contribution is 5.99. The first-order valence-corrected chi connectivity index (χ1v) is 13.5. The van der Waals surface area contributed by atoms with Crippen molar-refractivity contribution in [1.82, 2.24) is 25.2 Å². The fourth-order valence-corrected chi connectivity index (χ4v) is 6.52. The maximum Gasteiger partial charge on any atom is 0.319 e. The number of nitrogens with one attached hydrogen (secondary N) is 2. The molecule has 4 aromatic rings. The lowest BCUT2D eigenvalue weighted by atomic mass is 9.95. The van der Waals surface area contributed by atoms with Gasteiger partial charge in [0, 0.05) is 24.3 Å². The van der Waals surface area contributed by atoms with E-state index in [0.717, 1.165) is 56.2 Å². The summed E-state index contributed by atoms with van der Waals surface area (Å²) in [6.45, 7) is 4.43. The van der Waals surface area contributed by atoms with Crippen molar-refractivity contribution in [3.05, 3.63) is 48.4 Å². The second-order valence-corrected chi connectivity index (χ2v) is 10.8. The lowest BCUT2D eigenvalue weighted by Gasteiger charge is -2.31. The summed E-state index contributed by atoms with van der Waals surface area (Å²) in [6, 6.07) is 11.1. The molecule has 5 heterocycles. The van der Waals surface area contributed by atoms with Gasteiger partial charge < -0.3 is 20.5 Å². The Morgan fingerprint density at radius 2 is 1.97 bits per heavy atom. The largest absolute Gasteiger partial charge is 0.508 e. The van der Waals surface area contributed by atoms with Gasteiger partial charge in [-0.15, -0.1) is 0 Å². The summed E-state index contributed by atoms with van der Waals surface area (Å²) < 4.78 is 22.6. The Balaban J connectivity index is 1.33. The Kier molecular flexibility index (Phi) is 5.78. The molecule has 3 fully saturated rings. The summed E-state index contributed by atoms with van der Waals surface area (Å²) in [5, 5.41) is 19.3. The van der Waals surface area contributed by atoms with Gasteiger partial charge in [-0.1, -0.05) is 24.3 Å². The van der Waals surface area contributed by atoms with Crippen molar-refractivity contribution >= 4 is 27.5 Å². The van der Waals surface area contributed by atoms with Crippen LogP contribution in [-0.4, -0.2) is 69.3 Å². The van der Waals surface area contributed by atoms with Crippen LogP contribution in [0.5, 0.6) is 11.8 Å². The molecule has 3 saturated heterocycles. The van der Waals surface area contributed by atoms with Crippen molar-refractivity contribution in [2.45, 2.75) is 43.7 Å². The minimum atomic E-state index is -0.556. The number of pyridine rings is 1. The quantitative estimate of drug-likeness (QED) is 0.347. The maximum atomic E-state index is 16.3. The van der Waals surface area contributed by atoms with Crippen molar-refractivity contribution < 1.29 is 14.2 Å². The fourth-order valence-electron chi connectivity index (χ4n) is 6.52. The van der Waals surface area contributed by atoms with E-state index in [1.165, 1.54) is 12.8 Å². The summed E-state index contributed by atoms with van der Waals surface area (Å²) in [5.74, 6) is 0.0315. The topological polar surface area (TPSA) is 95.4 Å². The van der Waals surface area contributed by atoms with Crippen LogP contribution in [0.3, 0.4) is 0 Å². The zero-order chi connectivity index (χ0) is 25.7. The highest BCUT2D eigenvalue weighted by atomic mass is 19.1. The smallest absolute Gasteiger partial charge is 0.319 e. The number of ether oxygens (including phenoxy) is 1. The van der Waals surface area contributed by atoms with Crippen LogP contribution in [0.15, 0.2) is 42.6 Å². The molecule has 196 valence electrons. The second-order valence-electron chi connectivity index (χ2n) is 10.8. The Bertz CT molecular complexity index is 1510. The van der Waals surface area contributed by atoms with E-state index >= 15 is 4.39 Å². The molecule has 0 aliphatic carbocycles. The molecule has 2 aromatic carbocycles. The van der Waals surface area contributed by atoms with Gasteiger partial charge in [-0.3, -0.25) is 9.88 Å². The van der Waals surface area contributed by atoms with Crippen LogP contribution in [-0.2, 0) is 0 Å². The van der Waals surface area contributed by atoms with E-state index in [2.05, 4.69) is 25.5 Å². The third kappa shape index (κ3) is 4.01. The minimum absolute atomic E-state index is 0.0315. The molecule has 7 rings (SSSR count). The van der Waals surface area contributed by atoms with Crippen LogP contribution in [0.2, 0.25) is 0 Å². The number of hydrogen-bond donors (Lipinski definition) is 3. The van der Waals surface area contributed by atoms with Gasteiger partial charge in [0.2, 0.25) is 0 Å². The Morgan fingerprint density at radius 1 is 1.13 bits per heavy atom. The molecule has 1 unspecified atom stereocenters. The minimum Gasteiger partial charge on any atom is -0.508 e. The zero-order valence-electron chi connectivity index (χ0n) is 21.2. The SMILES string of the molecule is Oc1cc(-c2ncc3c(NC4CCNC4)nc(OCC45CCCN4CCC5)nc3c2F)c2ccccc2c1. The average Bonchev–Trinajstić information content (AvgIpc) is 3.66. The molecule has 0 radical (unpaired) electrons. The Labute approximate surface area is 220 Å². The third-order valence-corrected chi connectivity index (χ3v) is 8.45. The van der Waals surface area contributed by atoms with E-state index in [9.17, 15) is 5.11 Å². The van der Waals surface area contributed by atoms with E-state index in [1.807, 2.05) is 24.3 Å². The number of anilines is 1. The number of halogens is 1. The van der Waals surface area contributed by atoms with Gasteiger partial charge in [0.1, 0.15) is 29.4 Å². The lowest BCUT2D eigenvalue weighted by molar-refractivity contribution is 0.108. The number of phenols is 1. The van der Waals surface area contributed by atoms with Crippen molar-refractivity contribution in [3.63, 3.8) is 0 Å². The highest BCUT2D eigenvalue weighted by Crippen LogP contribution is 2.40. The van der Waals surface area contributed by atoms with Gasteiger partial charge in [0.25, 0.3) is 0 Å². The predicted molar refractivity (Wildman–Crippen MR) is 145 cm³/mol. The van der Waals surface area contributed by atoms with Gasteiger partial charge in [0.05, 0.1) is 10.9 Å². The lowest BCUT2D eigenvalue weighted by Crippen LogP contribution is -2.43. The number of phenolic OH excluding ortho intramolecular Hbond substituents is 1. The van der Waals surface area contributed by atoms with Crippen LogP contribution in [0.4, 0.5) is 10.2 Å². The van der Waals surface area contributed by atoms with Gasteiger partial charge in [-0.05, 0) is 74.6 Å². The molecule has 0 amide bonds. The van der Waals surface area contributed by atoms with E-state index < -0.39 is 5.82 Å². The van der Waals surface area contributed by atoms with Crippen LogP contribution < -0.4 is 15.4 Å². The summed E-state index contributed by atoms with van der Waals surface area (Å²) in [4.78, 5) is 16.3. The molecule has 38 heavy (non-hydrogen) atoms. The number of aromatic hydroxyl groups is 1. The number of aromatic nitrogens is 3.